The van der Waals surface area contributed by atoms with E-state index in [9.17, 15) is 14.4 Å². The monoisotopic (exact) mass is 451 g/mol. The molecule has 32 heavy (non-hydrogen) atoms. The van der Waals surface area contributed by atoms with Crippen molar-refractivity contribution < 1.29 is 23.9 Å². The maximum Gasteiger partial charge on any atom is 0.341 e. The largest absolute Gasteiger partial charge is 0.481 e. The van der Waals surface area contributed by atoms with Gasteiger partial charge in [0.15, 0.2) is 11.9 Å². The van der Waals surface area contributed by atoms with Crippen LogP contribution in [0.2, 0.25) is 0 Å². The number of ketones is 1. The summed E-state index contributed by atoms with van der Waals surface area (Å²) < 4.78 is 10.9. The summed E-state index contributed by atoms with van der Waals surface area (Å²) >= 11 is 1.06. The van der Waals surface area contributed by atoms with E-state index in [1.807, 2.05) is 42.5 Å². The van der Waals surface area contributed by atoms with Crippen molar-refractivity contribution in [2.45, 2.75) is 33.8 Å². The number of hydrogen-bond donors (Lipinski definition) is 1. The first kappa shape index (κ1) is 23.2. The Hall–Kier alpha value is -3.45. The van der Waals surface area contributed by atoms with Crippen LogP contribution in [0.4, 0.5) is 5.00 Å². The van der Waals surface area contributed by atoms with Crippen molar-refractivity contribution in [3.8, 4) is 16.9 Å². The molecule has 0 unspecified atom stereocenters. The van der Waals surface area contributed by atoms with Crippen molar-refractivity contribution in [3.05, 3.63) is 70.6 Å². The lowest BCUT2D eigenvalue weighted by atomic mass is 10.1. The number of thiophene rings is 1. The van der Waals surface area contributed by atoms with Gasteiger partial charge in [0.2, 0.25) is 0 Å². The molecule has 0 spiro atoms. The second-order valence-electron chi connectivity index (χ2n) is 7.18. The molecule has 0 radical (unpaired) electrons. The lowest BCUT2D eigenvalue weighted by molar-refractivity contribution is -0.122. The summed E-state index contributed by atoms with van der Waals surface area (Å²) in [5.41, 5.74) is 2.83. The maximum absolute atomic E-state index is 12.8. The predicted octanol–water partition coefficient (Wildman–Crippen LogP) is 5.51. The number of benzene rings is 2. The van der Waals surface area contributed by atoms with E-state index in [0.29, 0.717) is 16.2 Å². The second-order valence-corrected chi connectivity index (χ2v) is 8.20. The summed E-state index contributed by atoms with van der Waals surface area (Å²) in [7, 11) is 0. The fourth-order valence-corrected chi connectivity index (χ4v) is 4.31. The third kappa shape index (κ3) is 5.23. The fraction of sp³-hybridized carbons (Fsp3) is 0.240. The van der Waals surface area contributed by atoms with Crippen LogP contribution in [0, 0.1) is 6.92 Å². The number of Topliss-reactive ketones (excluding diaryl/α,β-unsaturated/α-hetero) is 1. The van der Waals surface area contributed by atoms with E-state index in [-0.39, 0.29) is 23.0 Å². The number of ether oxygens (including phenoxy) is 2. The van der Waals surface area contributed by atoms with Crippen LogP contribution >= 0.6 is 11.3 Å². The summed E-state index contributed by atoms with van der Waals surface area (Å²) in [6.45, 7) is 6.60. The Kier molecular flexibility index (Phi) is 7.43. The van der Waals surface area contributed by atoms with Gasteiger partial charge in [0, 0.05) is 0 Å². The number of rotatable bonds is 8. The molecule has 0 aliphatic carbocycles. The van der Waals surface area contributed by atoms with Gasteiger partial charge in [-0.15, -0.1) is 11.3 Å². The third-order valence-corrected chi connectivity index (χ3v) is 6.13. The minimum absolute atomic E-state index is 0.179. The van der Waals surface area contributed by atoms with Gasteiger partial charge < -0.3 is 14.8 Å². The van der Waals surface area contributed by atoms with E-state index < -0.39 is 18.0 Å². The van der Waals surface area contributed by atoms with Gasteiger partial charge in [-0.3, -0.25) is 9.59 Å². The zero-order chi connectivity index (χ0) is 23.3. The Balaban J connectivity index is 1.73. The van der Waals surface area contributed by atoms with Crippen LogP contribution in [0.3, 0.4) is 0 Å². The molecular weight excluding hydrogens is 426 g/mol. The Morgan fingerprint density at radius 3 is 2.22 bits per heavy atom. The summed E-state index contributed by atoms with van der Waals surface area (Å²) in [6.07, 6.45) is -0.823. The Morgan fingerprint density at radius 1 is 1.00 bits per heavy atom. The van der Waals surface area contributed by atoms with E-state index in [4.69, 9.17) is 9.47 Å². The van der Waals surface area contributed by atoms with Gasteiger partial charge in [-0.2, -0.15) is 0 Å². The van der Waals surface area contributed by atoms with Crippen molar-refractivity contribution in [1.29, 1.82) is 0 Å². The molecule has 1 aromatic heterocycles. The van der Waals surface area contributed by atoms with Crippen LogP contribution in [0.1, 0.15) is 46.4 Å². The summed E-state index contributed by atoms with van der Waals surface area (Å²) in [5, 5.41) is 3.01. The van der Waals surface area contributed by atoms with Gasteiger partial charge >= 0.3 is 5.97 Å². The van der Waals surface area contributed by atoms with Crippen LogP contribution in [0.5, 0.6) is 5.75 Å². The number of esters is 1. The quantitative estimate of drug-likeness (QED) is 0.361. The number of amides is 1. The Morgan fingerprint density at radius 2 is 1.62 bits per heavy atom. The normalized spacial score (nSPS) is 11.5. The van der Waals surface area contributed by atoms with E-state index in [1.165, 1.54) is 6.92 Å². The lowest BCUT2D eigenvalue weighted by Crippen LogP contribution is -2.30. The molecule has 166 valence electrons. The molecule has 2 aromatic carbocycles. The van der Waals surface area contributed by atoms with Crippen molar-refractivity contribution in [2.75, 3.05) is 11.9 Å². The van der Waals surface area contributed by atoms with Gasteiger partial charge in [-0.25, -0.2) is 4.79 Å². The minimum Gasteiger partial charge on any atom is -0.481 e. The molecule has 0 saturated heterocycles. The fourth-order valence-electron chi connectivity index (χ4n) is 3.21. The topological polar surface area (TPSA) is 81.7 Å². The standard InChI is InChI=1S/C25H25NO5S/c1-5-30-25(29)21-15(2)22(16(3)27)32-24(21)26-23(28)17(4)31-20-13-11-19(12-14-20)18-9-7-6-8-10-18/h6-14,17H,5H2,1-4H3,(H,26,28)/t17-/m0/s1. The number of carbonyl (C=O) groups is 3. The molecule has 0 aliphatic rings. The molecule has 3 rings (SSSR count). The van der Waals surface area contributed by atoms with Crippen LogP contribution in [-0.4, -0.2) is 30.4 Å². The van der Waals surface area contributed by atoms with E-state index in [1.54, 1.807) is 32.9 Å². The highest BCUT2D eigenvalue weighted by Gasteiger charge is 2.26. The molecule has 0 aliphatic heterocycles. The summed E-state index contributed by atoms with van der Waals surface area (Å²) in [6, 6.07) is 17.4. The van der Waals surface area contributed by atoms with Gasteiger partial charge in [0.05, 0.1) is 17.0 Å². The number of hydrogen-bond acceptors (Lipinski definition) is 6. The molecule has 0 saturated carbocycles. The number of nitrogens with one attached hydrogen (secondary N) is 1. The molecule has 1 heterocycles. The number of anilines is 1. The molecule has 3 aromatic rings. The first-order valence-corrected chi connectivity index (χ1v) is 11.1. The van der Waals surface area contributed by atoms with Crippen LogP contribution in [0.15, 0.2) is 54.6 Å². The van der Waals surface area contributed by atoms with Crippen molar-refractivity contribution in [2.24, 2.45) is 0 Å². The smallest absolute Gasteiger partial charge is 0.341 e. The van der Waals surface area contributed by atoms with Gasteiger partial charge in [0.25, 0.3) is 5.91 Å². The Bertz CT molecular complexity index is 1120. The van der Waals surface area contributed by atoms with Gasteiger partial charge in [0.1, 0.15) is 10.8 Å². The Labute approximate surface area is 191 Å². The molecule has 1 amide bonds. The van der Waals surface area contributed by atoms with E-state index >= 15 is 0 Å². The van der Waals surface area contributed by atoms with E-state index in [2.05, 4.69) is 5.32 Å². The average molecular weight is 452 g/mol. The van der Waals surface area contributed by atoms with Gasteiger partial charge in [-0.05, 0) is 56.5 Å². The number of carbonyl (C=O) groups excluding carboxylic acids is 3. The molecule has 0 fully saturated rings. The van der Waals surface area contributed by atoms with Crippen molar-refractivity contribution in [1.82, 2.24) is 0 Å². The molecule has 1 N–H and O–H groups in total. The zero-order valence-corrected chi connectivity index (χ0v) is 19.2. The molecule has 6 nitrogen and oxygen atoms in total. The van der Waals surface area contributed by atoms with Crippen molar-refractivity contribution in [3.63, 3.8) is 0 Å². The molecule has 7 heteroatoms. The molecule has 1 atom stereocenters. The zero-order valence-electron chi connectivity index (χ0n) is 18.4. The highest BCUT2D eigenvalue weighted by molar-refractivity contribution is 7.18. The van der Waals surface area contributed by atoms with Gasteiger partial charge in [-0.1, -0.05) is 42.5 Å². The van der Waals surface area contributed by atoms with Crippen LogP contribution in [-0.2, 0) is 9.53 Å². The SMILES string of the molecule is CCOC(=O)c1c(NC(=O)[C@H](C)Oc2ccc(-c3ccccc3)cc2)sc(C(C)=O)c1C. The second kappa shape index (κ2) is 10.2. The van der Waals surface area contributed by atoms with Crippen LogP contribution < -0.4 is 10.1 Å². The first-order valence-electron chi connectivity index (χ1n) is 10.3. The van der Waals surface area contributed by atoms with Crippen molar-refractivity contribution >= 4 is 34.0 Å². The predicted molar refractivity (Wildman–Crippen MR) is 126 cm³/mol. The molecule has 0 bridgehead atoms. The highest BCUT2D eigenvalue weighted by atomic mass is 32.1. The summed E-state index contributed by atoms with van der Waals surface area (Å²) in [5.74, 6) is -0.640. The van der Waals surface area contributed by atoms with Crippen LogP contribution in [0.25, 0.3) is 11.1 Å². The average Bonchev–Trinajstić information content (AvgIpc) is 3.11. The third-order valence-electron chi connectivity index (χ3n) is 4.83. The molecular formula is C25H25NO5S. The minimum atomic E-state index is -0.823. The maximum atomic E-state index is 12.8. The first-order chi connectivity index (χ1) is 15.3. The highest BCUT2D eigenvalue weighted by Crippen LogP contribution is 2.34. The summed E-state index contributed by atoms with van der Waals surface area (Å²) in [4.78, 5) is 37.5. The lowest BCUT2D eigenvalue weighted by Gasteiger charge is -2.15. The van der Waals surface area contributed by atoms with E-state index in [0.717, 1.165) is 22.5 Å².